The van der Waals surface area contributed by atoms with Gasteiger partial charge in [-0.3, -0.25) is 4.79 Å². The lowest BCUT2D eigenvalue weighted by molar-refractivity contribution is -0.140. The van der Waals surface area contributed by atoms with Crippen molar-refractivity contribution in [1.82, 2.24) is 5.32 Å². The van der Waals surface area contributed by atoms with Crippen molar-refractivity contribution in [1.29, 1.82) is 0 Å². The van der Waals surface area contributed by atoms with E-state index in [1.807, 2.05) is 0 Å². The molecule has 0 aromatic carbocycles. The van der Waals surface area contributed by atoms with Gasteiger partial charge in [0.15, 0.2) is 0 Å². The van der Waals surface area contributed by atoms with E-state index in [-0.39, 0.29) is 5.97 Å². The molecule has 0 aliphatic heterocycles. The van der Waals surface area contributed by atoms with E-state index in [0.717, 1.165) is 19.5 Å². The van der Waals surface area contributed by atoms with Gasteiger partial charge in [-0.1, -0.05) is 27.7 Å². The molecule has 0 saturated carbocycles. The summed E-state index contributed by atoms with van der Waals surface area (Å²) in [6, 6.07) is 0. The van der Waals surface area contributed by atoms with Gasteiger partial charge in [-0.15, -0.1) is 0 Å². The molecule has 0 fully saturated rings. The second-order valence-electron chi connectivity index (χ2n) is 5.00. The first-order valence-electron chi connectivity index (χ1n) is 5.67. The Morgan fingerprint density at radius 2 is 2.00 bits per heavy atom. The lowest BCUT2D eigenvalue weighted by atomic mass is 9.81. The molecular weight excluding hydrogens is 190 g/mol. The van der Waals surface area contributed by atoms with Crippen LogP contribution in [0.4, 0.5) is 0 Å². The first-order valence-corrected chi connectivity index (χ1v) is 5.67. The van der Waals surface area contributed by atoms with Gasteiger partial charge in [0.2, 0.25) is 0 Å². The first-order chi connectivity index (χ1) is 6.90. The molecule has 0 heterocycles. The summed E-state index contributed by atoms with van der Waals surface area (Å²) in [5, 5.41) is 3.38. The van der Waals surface area contributed by atoms with Gasteiger partial charge in [-0.05, 0) is 24.3 Å². The van der Waals surface area contributed by atoms with Crippen LogP contribution in [0.15, 0.2) is 0 Å². The maximum atomic E-state index is 10.8. The van der Waals surface area contributed by atoms with E-state index >= 15 is 0 Å². The van der Waals surface area contributed by atoms with E-state index in [2.05, 4.69) is 37.7 Å². The minimum absolute atomic E-state index is 0.125. The first kappa shape index (κ1) is 14.4. The van der Waals surface area contributed by atoms with Crippen LogP contribution in [0.5, 0.6) is 0 Å². The van der Waals surface area contributed by atoms with Gasteiger partial charge in [-0.25, -0.2) is 0 Å². The Morgan fingerprint density at radius 3 is 2.47 bits per heavy atom. The largest absolute Gasteiger partial charge is 0.469 e. The topological polar surface area (TPSA) is 38.3 Å². The molecule has 0 atom stereocenters. The summed E-state index contributed by atoms with van der Waals surface area (Å²) >= 11 is 0. The van der Waals surface area contributed by atoms with E-state index in [1.54, 1.807) is 0 Å². The number of ether oxygens (including phenoxy) is 1. The number of carbonyl (C=O) groups excluding carboxylic acids is 1. The number of nitrogens with one attached hydrogen (secondary N) is 1. The minimum atomic E-state index is -0.125. The smallest absolute Gasteiger partial charge is 0.305 e. The zero-order chi connectivity index (χ0) is 11.9. The quantitative estimate of drug-likeness (QED) is 0.522. The molecule has 15 heavy (non-hydrogen) atoms. The molecule has 1 N–H and O–H groups in total. The SMILES string of the molecule is COC(=O)CCCNCC(C)(C)C(C)C. The van der Waals surface area contributed by atoms with Crippen LogP contribution in [0.1, 0.15) is 40.5 Å². The highest BCUT2D eigenvalue weighted by atomic mass is 16.5. The molecule has 0 radical (unpaired) electrons. The van der Waals surface area contributed by atoms with Gasteiger partial charge >= 0.3 is 5.97 Å². The van der Waals surface area contributed by atoms with Gasteiger partial charge < -0.3 is 10.1 Å². The fourth-order valence-corrected chi connectivity index (χ4v) is 1.07. The maximum absolute atomic E-state index is 10.8. The van der Waals surface area contributed by atoms with Crippen molar-refractivity contribution in [3.05, 3.63) is 0 Å². The second-order valence-corrected chi connectivity index (χ2v) is 5.00. The molecule has 0 saturated heterocycles. The molecule has 0 rings (SSSR count). The summed E-state index contributed by atoms with van der Waals surface area (Å²) in [5.41, 5.74) is 0.311. The van der Waals surface area contributed by atoms with Crippen LogP contribution < -0.4 is 5.32 Å². The summed E-state index contributed by atoms with van der Waals surface area (Å²) < 4.78 is 4.57. The minimum Gasteiger partial charge on any atom is -0.469 e. The third-order valence-electron chi connectivity index (χ3n) is 3.11. The monoisotopic (exact) mass is 215 g/mol. The third kappa shape index (κ3) is 6.50. The summed E-state index contributed by atoms with van der Waals surface area (Å²) in [4.78, 5) is 10.8. The summed E-state index contributed by atoms with van der Waals surface area (Å²) in [7, 11) is 1.43. The Labute approximate surface area is 93.6 Å². The number of rotatable bonds is 7. The predicted molar refractivity (Wildman–Crippen MR) is 62.7 cm³/mol. The van der Waals surface area contributed by atoms with E-state index in [4.69, 9.17) is 0 Å². The van der Waals surface area contributed by atoms with Crippen molar-refractivity contribution in [3.63, 3.8) is 0 Å². The van der Waals surface area contributed by atoms with E-state index in [1.165, 1.54) is 7.11 Å². The summed E-state index contributed by atoms with van der Waals surface area (Å²) in [6.07, 6.45) is 1.35. The van der Waals surface area contributed by atoms with Gasteiger partial charge in [0, 0.05) is 13.0 Å². The molecule has 0 aromatic heterocycles. The fourth-order valence-electron chi connectivity index (χ4n) is 1.07. The highest BCUT2D eigenvalue weighted by Crippen LogP contribution is 2.24. The summed E-state index contributed by atoms with van der Waals surface area (Å²) in [5.74, 6) is 0.533. The normalized spacial score (nSPS) is 11.9. The Balaban J connectivity index is 3.50. The van der Waals surface area contributed by atoms with Crippen molar-refractivity contribution in [2.24, 2.45) is 11.3 Å². The van der Waals surface area contributed by atoms with E-state index in [9.17, 15) is 4.79 Å². The predicted octanol–water partition coefficient (Wildman–Crippen LogP) is 2.21. The van der Waals surface area contributed by atoms with Crippen LogP contribution in [0.25, 0.3) is 0 Å². The van der Waals surface area contributed by atoms with Crippen LogP contribution in [0.3, 0.4) is 0 Å². The fraction of sp³-hybridized carbons (Fsp3) is 0.917. The van der Waals surface area contributed by atoms with Crippen LogP contribution in [0, 0.1) is 11.3 Å². The van der Waals surface area contributed by atoms with Crippen molar-refractivity contribution < 1.29 is 9.53 Å². The standard InChI is InChI=1S/C12H25NO2/c1-10(2)12(3,4)9-13-8-6-7-11(14)15-5/h10,13H,6-9H2,1-5H3. The Morgan fingerprint density at radius 1 is 1.40 bits per heavy atom. The zero-order valence-electron chi connectivity index (χ0n) is 10.7. The molecule has 3 nitrogen and oxygen atoms in total. The van der Waals surface area contributed by atoms with Crippen molar-refractivity contribution in [2.45, 2.75) is 40.5 Å². The van der Waals surface area contributed by atoms with Crippen LogP contribution in [0.2, 0.25) is 0 Å². The Bertz CT molecular complexity index is 188. The highest BCUT2D eigenvalue weighted by Gasteiger charge is 2.21. The Hall–Kier alpha value is -0.570. The van der Waals surface area contributed by atoms with Crippen molar-refractivity contribution in [3.8, 4) is 0 Å². The third-order valence-corrected chi connectivity index (χ3v) is 3.11. The van der Waals surface area contributed by atoms with Crippen molar-refractivity contribution >= 4 is 5.97 Å². The second kappa shape index (κ2) is 6.83. The molecule has 0 aliphatic rings. The number of hydrogen-bond acceptors (Lipinski definition) is 3. The molecule has 0 aromatic rings. The molecule has 0 bridgehead atoms. The maximum Gasteiger partial charge on any atom is 0.305 e. The summed E-state index contributed by atoms with van der Waals surface area (Å²) in [6.45, 7) is 10.8. The molecule has 0 spiro atoms. The van der Waals surface area contributed by atoms with Gasteiger partial charge in [-0.2, -0.15) is 0 Å². The molecule has 3 heteroatoms. The van der Waals surface area contributed by atoms with E-state index in [0.29, 0.717) is 17.8 Å². The van der Waals surface area contributed by atoms with Gasteiger partial charge in [0.05, 0.1) is 7.11 Å². The number of esters is 1. The lowest BCUT2D eigenvalue weighted by Gasteiger charge is -2.29. The molecule has 90 valence electrons. The number of hydrogen-bond donors (Lipinski definition) is 1. The number of carbonyl (C=O) groups is 1. The van der Waals surface area contributed by atoms with Crippen LogP contribution >= 0.6 is 0 Å². The van der Waals surface area contributed by atoms with Crippen molar-refractivity contribution in [2.75, 3.05) is 20.2 Å². The zero-order valence-corrected chi connectivity index (χ0v) is 10.7. The van der Waals surface area contributed by atoms with Gasteiger partial charge in [0.25, 0.3) is 0 Å². The average Bonchev–Trinajstić information content (AvgIpc) is 2.16. The van der Waals surface area contributed by atoms with Crippen LogP contribution in [-0.2, 0) is 9.53 Å². The number of methoxy groups -OCH3 is 1. The highest BCUT2D eigenvalue weighted by molar-refractivity contribution is 5.69. The van der Waals surface area contributed by atoms with Gasteiger partial charge in [0.1, 0.15) is 0 Å². The van der Waals surface area contributed by atoms with Crippen LogP contribution in [-0.4, -0.2) is 26.2 Å². The van der Waals surface area contributed by atoms with E-state index < -0.39 is 0 Å². The molecular formula is C12H25NO2. The molecule has 0 unspecified atom stereocenters. The molecule has 0 aliphatic carbocycles. The molecule has 0 amide bonds. The Kier molecular flexibility index (Phi) is 6.57. The lowest BCUT2D eigenvalue weighted by Crippen LogP contribution is -2.34. The average molecular weight is 215 g/mol.